The van der Waals surface area contributed by atoms with Crippen LogP contribution in [-0.4, -0.2) is 20.0 Å². The number of hydrazone groups is 1. The average molecular weight is 420 g/mol. The third-order valence-electron chi connectivity index (χ3n) is 5.48. The summed E-state index contributed by atoms with van der Waals surface area (Å²) in [5.41, 5.74) is 12.6. The highest BCUT2D eigenvalue weighted by atomic mass is 16.1. The van der Waals surface area contributed by atoms with Crippen LogP contribution in [0.3, 0.4) is 0 Å². The number of benzene rings is 1. The number of nitrogens with one attached hydrogen (secondary N) is 1. The minimum atomic E-state index is -0.00675. The fourth-order valence-corrected chi connectivity index (χ4v) is 3.67. The lowest BCUT2D eigenvalue weighted by atomic mass is 10.00. The number of nitrogens with zero attached hydrogens (tertiary/aromatic N) is 4. The first-order valence-corrected chi connectivity index (χ1v) is 10.9. The molecule has 0 fully saturated rings. The Balaban J connectivity index is 1.88. The summed E-state index contributed by atoms with van der Waals surface area (Å²) in [6.45, 7) is 5.62. The number of aryl methyl sites for hydroxylation is 2. The van der Waals surface area contributed by atoms with Crippen LogP contribution < -0.4 is 11.5 Å². The molecule has 3 N–H and O–H groups in total. The molecule has 0 atom stereocenters. The molecule has 0 spiro atoms. The van der Waals surface area contributed by atoms with Crippen molar-refractivity contribution in [1.29, 1.82) is 0 Å². The third-order valence-corrected chi connectivity index (χ3v) is 5.48. The number of pyridine rings is 1. The van der Waals surface area contributed by atoms with Gasteiger partial charge in [-0.3, -0.25) is 14.1 Å². The van der Waals surface area contributed by atoms with Gasteiger partial charge >= 0.3 is 5.69 Å². The van der Waals surface area contributed by atoms with Gasteiger partial charge in [0, 0.05) is 36.4 Å². The van der Waals surface area contributed by atoms with E-state index in [2.05, 4.69) is 23.9 Å². The molecule has 0 aliphatic carbocycles. The zero-order chi connectivity index (χ0) is 22.2. The van der Waals surface area contributed by atoms with E-state index in [9.17, 15) is 4.79 Å². The summed E-state index contributed by atoms with van der Waals surface area (Å²) in [5, 5.41) is 3.49. The van der Waals surface area contributed by atoms with Gasteiger partial charge in [0.15, 0.2) is 0 Å². The lowest BCUT2D eigenvalue weighted by Crippen LogP contribution is -2.25. The van der Waals surface area contributed by atoms with Gasteiger partial charge < -0.3 is 16.7 Å². The molecule has 0 radical (unpaired) electrons. The Morgan fingerprint density at radius 2 is 1.87 bits per heavy atom. The fraction of sp³-hybridized carbons (Fsp3) is 0.375. The SMILES string of the molecule is CCCCc1cn(CCCC)c(=O)n1Cc1ccc(-c2ccncc2/C([NH-])=N/N)cc1. The number of amidine groups is 1. The Bertz CT molecular complexity index is 1080. The van der Waals surface area contributed by atoms with Crippen molar-refractivity contribution in [3.05, 3.63) is 82.0 Å². The number of rotatable bonds is 10. The minimum absolute atomic E-state index is 0.00675. The molecule has 7 heteroatoms. The van der Waals surface area contributed by atoms with E-state index in [0.717, 1.165) is 61.0 Å². The summed E-state index contributed by atoms with van der Waals surface area (Å²) in [4.78, 5) is 17.1. The number of hydrogen-bond donors (Lipinski definition) is 1. The van der Waals surface area contributed by atoms with Crippen LogP contribution in [-0.2, 0) is 19.5 Å². The zero-order valence-corrected chi connectivity index (χ0v) is 18.3. The second kappa shape index (κ2) is 10.6. The van der Waals surface area contributed by atoms with Crippen molar-refractivity contribution in [1.82, 2.24) is 14.1 Å². The van der Waals surface area contributed by atoms with Gasteiger partial charge in [0.2, 0.25) is 0 Å². The quantitative estimate of drug-likeness (QED) is 0.225. The predicted octanol–water partition coefficient (Wildman–Crippen LogP) is 4.58. The molecule has 0 saturated heterocycles. The Morgan fingerprint density at radius 1 is 1.13 bits per heavy atom. The number of unbranched alkanes of at least 4 members (excludes halogenated alkanes) is 2. The van der Waals surface area contributed by atoms with E-state index < -0.39 is 0 Å². The largest absolute Gasteiger partial charge is 0.481 e. The van der Waals surface area contributed by atoms with Crippen LogP contribution in [0.1, 0.15) is 56.4 Å². The molecule has 1 aromatic carbocycles. The van der Waals surface area contributed by atoms with Crippen molar-refractivity contribution in [2.75, 3.05) is 0 Å². The summed E-state index contributed by atoms with van der Waals surface area (Å²) in [6.07, 6.45) is 10.5. The molecule has 2 aromatic heterocycles. The molecule has 3 rings (SSSR count). The zero-order valence-electron chi connectivity index (χ0n) is 18.3. The van der Waals surface area contributed by atoms with Gasteiger partial charge in [-0.05, 0) is 47.9 Å². The van der Waals surface area contributed by atoms with Crippen molar-refractivity contribution < 1.29 is 0 Å². The number of hydrogen-bond acceptors (Lipinski definition) is 4. The van der Waals surface area contributed by atoms with Crippen LogP contribution in [0.25, 0.3) is 16.9 Å². The van der Waals surface area contributed by atoms with Gasteiger partial charge in [-0.2, -0.15) is 0 Å². The molecule has 31 heavy (non-hydrogen) atoms. The molecule has 3 aromatic rings. The van der Waals surface area contributed by atoms with Crippen molar-refractivity contribution in [2.24, 2.45) is 10.9 Å². The van der Waals surface area contributed by atoms with E-state index >= 15 is 0 Å². The maximum atomic E-state index is 13.0. The molecule has 0 aliphatic heterocycles. The Labute approximate surface area is 183 Å². The van der Waals surface area contributed by atoms with Crippen molar-refractivity contribution >= 4 is 5.84 Å². The standard InChI is InChI=1S/C24H31N6O/c1-3-5-7-20-17-29(14-6-4-2)24(31)30(20)16-18-8-10-19(11-9-18)21-12-13-27-15-22(21)23(25)28-26/h8-13,15,17H,3-7,14,16,26H2,1-2H3,(H-,25,28)/q-1. The summed E-state index contributed by atoms with van der Waals surface area (Å²) < 4.78 is 3.76. The second-order valence-corrected chi connectivity index (χ2v) is 7.74. The summed E-state index contributed by atoms with van der Waals surface area (Å²) in [5.74, 6) is 5.29. The first-order valence-electron chi connectivity index (χ1n) is 10.9. The average Bonchev–Trinajstić information content (AvgIpc) is 3.10. The summed E-state index contributed by atoms with van der Waals surface area (Å²) in [7, 11) is 0. The molecule has 0 aliphatic rings. The van der Waals surface area contributed by atoms with Gasteiger partial charge in [0.1, 0.15) is 0 Å². The van der Waals surface area contributed by atoms with E-state index in [-0.39, 0.29) is 11.5 Å². The molecule has 7 nitrogen and oxygen atoms in total. The van der Waals surface area contributed by atoms with Crippen molar-refractivity contribution in [2.45, 2.75) is 59.0 Å². The number of aromatic nitrogens is 3. The van der Waals surface area contributed by atoms with Crippen LogP contribution in [0.2, 0.25) is 0 Å². The smallest absolute Gasteiger partial charge is 0.328 e. The molecule has 0 unspecified atom stereocenters. The molecule has 0 saturated carbocycles. The van der Waals surface area contributed by atoms with Gasteiger partial charge in [-0.1, -0.05) is 51.0 Å². The Hall–Kier alpha value is -3.35. The van der Waals surface area contributed by atoms with Crippen molar-refractivity contribution in [3.63, 3.8) is 0 Å². The molecule has 0 bridgehead atoms. The van der Waals surface area contributed by atoms with Gasteiger partial charge in [-0.15, -0.1) is 0 Å². The monoisotopic (exact) mass is 419 g/mol. The van der Waals surface area contributed by atoms with Crippen LogP contribution in [0.4, 0.5) is 0 Å². The van der Waals surface area contributed by atoms with Crippen LogP contribution in [0.15, 0.2) is 58.8 Å². The Kier molecular flexibility index (Phi) is 7.65. The van der Waals surface area contributed by atoms with E-state index in [1.807, 2.05) is 45.7 Å². The molecular formula is C24H31N6O-. The summed E-state index contributed by atoms with van der Waals surface area (Å²) in [6, 6.07) is 9.92. The topological polar surface area (TPSA) is 102 Å². The van der Waals surface area contributed by atoms with Gasteiger partial charge in [0.25, 0.3) is 0 Å². The van der Waals surface area contributed by atoms with Crippen LogP contribution in [0, 0.1) is 0 Å². The van der Waals surface area contributed by atoms with Crippen LogP contribution in [0.5, 0.6) is 0 Å². The molecular weight excluding hydrogens is 388 g/mol. The maximum absolute atomic E-state index is 13.0. The first kappa shape index (κ1) is 22.3. The fourth-order valence-electron chi connectivity index (χ4n) is 3.67. The normalized spacial score (nSPS) is 11.7. The first-order chi connectivity index (χ1) is 15.1. The van der Waals surface area contributed by atoms with Crippen molar-refractivity contribution in [3.8, 4) is 11.1 Å². The highest BCUT2D eigenvalue weighted by molar-refractivity contribution is 6.09. The highest BCUT2D eigenvalue weighted by Crippen LogP contribution is 2.24. The van der Waals surface area contributed by atoms with E-state index in [1.165, 1.54) is 0 Å². The summed E-state index contributed by atoms with van der Waals surface area (Å²) >= 11 is 0. The van der Waals surface area contributed by atoms with Crippen LogP contribution >= 0.6 is 0 Å². The third kappa shape index (κ3) is 5.23. The number of nitrogens with two attached hydrogens (primary N) is 1. The number of imidazole rings is 1. The lowest BCUT2D eigenvalue weighted by Gasteiger charge is -2.14. The van der Waals surface area contributed by atoms with E-state index in [1.54, 1.807) is 12.4 Å². The lowest BCUT2D eigenvalue weighted by molar-refractivity contribution is 0.591. The van der Waals surface area contributed by atoms with E-state index in [4.69, 9.17) is 11.6 Å². The second-order valence-electron chi connectivity index (χ2n) is 7.74. The molecule has 0 amide bonds. The minimum Gasteiger partial charge on any atom is -0.481 e. The van der Waals surface area contributed by atoms with E-state index in [0.29, 0.717) is 12.1 Å². The van der Waals surface area contributed by atoms with Gasteiger partial charge in [0.05, 0.1) is 6.54 Å². The maximum Gasteiger partial charge on any atom is 0.328 e. The van der Waals surface area contributed by atoms with Gasteiger partial charge in [-0.25, -0.2) is 4.79 Å². The molecule has 2 heterocycles. The molecule has 164 valence electrons. The predicted molar refractivity (Wildman–Crippen MR) is 126 cm³/mol. The highest BCUT2D eigenvalue weighted by Gasteiger charge is 2.12. The Morgan fingerprint density at radius 3 is 2.55 bits per heavy atom.